The van der Waals surface area contributed by atoms with E-state index in [-0.39, 0.29) is 30.8 Å². The SMILES string of the molecule is CNC(=O)C(C)N(Cc1ccc(Br)cc1)C(=O)COc1ccc(F)cc1. The molecule has 2 rings (SSSR count). The third kappa shape index (κ3) is 5.56. The van der Waals surface area contributed by atoms with Gasteiger partial charge in [-0.05, 0) is 48.9 Å². The largest absolute Gasteiger partial charge is 0.484 e. The van der Waals surface area contributed by atoms with Crippen LogP contribution in [0.4, 0.5) is 4.39 Å². The van der Waals surface area contributed by atoms with E-state index in [9.17, 15) is 14.0 Å². The number of rotatable bonds is 7. The van der Waals surface area contributed by atoms with E-state index >= 15 is 0 Å². The first kappa shape index (κ1) is 19.9. The van der Waals surface area contributed by atoms with Crippen molar-refractivity contribution < 1.29 is 18.7 Å². The average molecular weight is 423 g/mol. The fraction of sp³-hybridized carbons (Fsp3) is 0.263. The highest BCUT2D eigenvalue weighted by Crippen LogP contribution is 2.15. The van der Waals surface area contributed by atoms with Crippen LogP contribution in [0.5, 0.6) is 5.75 Å². The number of amides is 2. The van der Waals surface area contributed by atoms with Gasteiger partial charge in [-0.15, -0.1) is 0 Å². The molecular formula is C19H20BrFN2O3. The number of hydrogen-bond donors (Lipinski definition) is 1. The van der Waals surface area contributed by atoms with Crippen LogP contribution in [0, 0.1) is 5.82 Å². The summed E-state index contributed by atoms with van der Waals surface area (Å²) in [5.74, 6) is -0.602. The highest BCUT2D eigenvalue weighted by Gasteiger charge is 2.25. The Morgan fingerprint density at radius 1 is 1.15 bits per heavy atom. The lowest BCUT2D eigenvalue weighted by atomic mass is 10.1. The Bertz CT molecular complexity index is 750. The van der Waals surface area contributed by atoms with Gasteiger partial charge in [-0.25, -0.2) is 4.39 Å². The Kier molecular flexibility index (Phi) is 7.15. The average Bonchev–Trinajstić information content (AvgIpc) is 2.65. The van der Waals surface area contributed by atoms with E-state index in [2.05, 4.69) is 21.2 Å². The molecular weight excluding hydrogens is 403 g/mol. The number of carbonyl (C=O) groups excluding carboxylic acids is 2. The minimum atomic E-state index is -0.659. The number of carbonyl (C=O) groups is 2. The lowest BCUT2D eigenvalue weighted by Gasteiger charge is -2.28. The van der Waals surface area contributed by atoms with Gasteiger partial charge in [0.1, 0.15) is 17.6 Å². The van der Waals surface area contributed by atoms with Crippen molar-refractivity contribution in [1.82, 2.24) is 10.2 Å². The van der Waals surface area contributed by atoms with Crippen molar-refractivity contribution in [2.24, 2.45) is 0 Å². The zero-order valence-electron chi connectivity index (χ0n) is 14.5. The van der Waals surface area contributed by atoms with Crippen LogP contribution in [0.25, 0.3) is 0 Å². The summed E-state index contributed by atoms with van der Waals surface area (Å²) >= 11 is 3.37. The lowest BCUT2D eigenvalue weighted by molar-refractivity contribution is -0.142. The number of hydrogen-bond acceptors (Lipinski definition) is 3. The summed E-state index contributed by atoms with van der Waals surface area (Å²) in [6.45, 7) is 1.68. The molecule has 2 aromatic carbocycles. The molecule has 1 unspecified atom stereocenters. The van der Waals surface area contributed by atoms with Crippen LogP contribution in [-0.4, -0.2) is 36.4 Å². The first-order valence-corrected chi connectivity index (χ1v) is 8.84. The van der Waals surface area contributed by atoms with E-state index in [0.29, 0.717) is 5.75 Å². The van der Waals surface area contributed by atoms with Crippen LogP contribution in [0.1, 0.15) is 12.5 Å². The maximum absolute atomic E-state index is 12.9. The van der Waals surface area contributed by atoms with Crippen molar-refractivity contribution in [2.75, 3.05) is 13.7 Å². The summed E-state index contributed by atoms with van der Waals surface area (Å²) in [7, 11) is 1.52. The summed E-state index contributed by atoms with van der Waals surface area (Å²) < 4.78 is 19.3. The van der Waals surface area contributed by atoms with Gasteiger partial charge in [-0.3, -0.25) is 9.59 Å². The van der Waals surface area contributed by atoms with E-state index in [1.807, 2.05) is 24.3 Å². The molecule has 26 heavy (non-hydrogen) atoms. The monoisotopic (exact) mass is 422 g/mol. The van der Waals surface area contributed by atoms with Crippen molar-refractivity contribution in [3.8, 4) is 5.75 Å². The fourth-order valence-electron chi connectivity index (χ4n) is 2.34. The number of likely N-dealkylation sites (N-methyl/N-ethyl adjacent to an activating group) is 1. The minimum Gasteiger partial charge on any atom is -0.484 e. The minimum absolute atomic E-state index is 0.247. The molecule has 2 aromatic rings. The van der Waals surface area contributed by atoms with E-state index in [4.69, 9.17) is 4.74 Å². The highest BCUT2D eigenvalue weighted by molar-refractivity contribution is 9.10. The maximum atomic E-state index is 12.9. The van der Waals surface area contributed by atoms with Gasteiger partial charge >= 0.3 is 0 Å². The van der Waals surface area contributed by atoms with E-state index in [0.717, 1.165) is 10.0 Å². The van der Waals surface area contributed by atoms with Gasteiger partial charge in [-0.2, -0.15) is 0 Å². The molecule has 5 nitrogen and oxygen atoms in total. The zero-order chi connectivity index (χ0) is 19.1. The summed E-state index contributed by atoms with van der Waals surface area (Å²) in [6.07, 6.45) is 0. The van der Waals surface area contributed by atoms with Crippen molar-refractivity contribution >= 4 is 27.7 Å². The molecule has 0 aliphatic heterocycles. The second kappa shape index (κ2) is 9.33. The maximum Gasteiger partial charge on any atom is 0.261 e. The van der Waals surface area contributed by atoms with Gasteiger partial charge in [-0.1, -0.05) is 28.1 Å². The van der Waals surface area contributed by atoms with Gasteiger partial charge in [0, 0.05) is 18.1 Å². The van der Waals surface area contributed by atoms with Crippen molar-refractivity contribution in [3.63, 3.8) is 0 Å². The molecule has 138 valence electrons. The van der Waals surface area contributed by atoms with E-state index in [1.165, 1.54) is 36.2 Å². The molecule has 0 saturated carbocycles. The molecule has 1 N–H and O–H groups in total. The molecule has 0 saturated heterocycles. The van der Waals surface area contributed by atoms with Crippen molar-refractivity contribution in [1.29, 1.82) is 0 Å². The predicted octanol–water partition coefficient (Wildman–Crippen LogP) is 3.13. The summed E-state index contributed by atoms with van der Waals surface area (Å²) in [5.41, 5.74) is 0.888. The summed E-state index contributed by atoms with van der Waals surface area (Å²) in [6, 6.07) is 12.2. The number of ether oxygens (including phenoxy) is 1. The van der Waals surface area contributed by atoms with Gasteiger partial charge in [0.05, 0.1) is 0 Å². The molecule has 7 heteroatoms. The van der Waals surface area contributed by atoms with Gasteiger partial charge < -0.3 is 15.0 Å². The molecule has 0 fully saturated rings. The predicted molar refractivity (Wildman–Crippen MR) is 100 cm³/mol. The standard InChI is InChI=1S/C19H20BrFN2O3/c1-13(19(25)22-2)23(11-14-3-5-15(20)6-4-14)18(24)12-26-17-9-7-16(21)8-10-17/h3-10,13H,11-12H2,1-2H3,(H,22,25). The molecule has 2 amide bonds. The number of nitrogens with one attached hydrogen (secondary N) is 1. The van der Waals surface area contributed by atoms with Crippen LogP contribution in [0.2, 0.25) is 0 Å². The van der Waals surface area contributed by atoms with Crippen LogP contribution < -0.4 is 10.1 Å². The molecule has 0 aromatic heterocycles. The number of benzene rings is 2. The van der Waals surface area contributed by atoms with Crippen molar-refractivity contribution in [2.45, 2.75) is 19.5 Å². The summed E-state index contributed by atoms with van der Waals surface area (Å²) in [4.78, 5) is 26.1. The Hall–Kier alpha value is -2.41. The topological polar surface area (TPSA) is 58.6 Å². The Labute approximate surface area is 160 Å². The molecule has 0 spiro atoms. The second-order valence-corrected chi connectivity index (χ2v) is 6.60. The fourth-order valence-corrected chi connectivity index (χ4v) is 2.60. The smallest absolute Gasteiger partial charge is 0.261 e. The molecule has 0 bridgehead atoms. The normalized spacial score (nSPS) is 11.5. The van der Waals surface area contributed by atoms with Crippen molar-refractivity contribution in [3.05, 3.63) is 64.4 Å². The Morgan fingerprint density at radius 2 is 1.77 bits per heavy atom. The molecule has 1 atom stereocenters. The molecule has 0 aliphatic carbocycles. The second-order valence-electron chi connectivity index (χ2n) is 5.68. The van der Waals surface area contributed by atoms with Gasteiger partial charge in [0.15, 0.2) is 6.61 Å². The first-order chi connectivity index (χ1) is 12.4. The third-order valence-corrected chi connectivity index (χ3v) is 4.38. The Morgan fingerprint density at radius 3 is 2.35 bits per heavy atom. The first-order valence-electron chi connectivity index (χ1n) is 8.04. The Balaban J connectivity index is 2.10. The molecule has 0 radical (unpaired) electrons. The summed E-state index contributed by atoms with van der Waals surface area (Å²) in [5, 5.41) is 2.55. The van der Waals surface area contributed by atoms with Crippen LogP contribution >= 0.6 is 15.9 Å². The van der Waals surface area contributed by atoms with Crippen LogP contribution in [0.3, 0.4) is 0 Å². The number of halogens is 2. The van der Waals surface area contributed by atoms with E-state index in [1.54, 1.807) is 6.92 Å². The zero-order valence-corrected chi connectivity index (χ0v) is 16.1. The van der Waals surface area contributed by atoms with Crippen LogP contribution in [0.15, 0.2) is 53.0 Å². The molecule has 0 aliphatic rings. The third-order valence-electron chi connectivity index (χ3n) is 3.86. The van der Waals surface area contributed by atoms with Gasteiger partial charge in [0.25, 0.3) is 5.91 Å². The number of nitrogens with zero attached hydrogens (tertiary/aromatic N) is 1. The molecule has 0 heterocycles. The van der Waals surface area contributed by atoms with E-state index < -0.39 is 6.04 Å². The van der Waals surface area contributed by atoms with Crippen LogP contribution in [-0.2, 0) is 16.1 Å². The lowest BCUT2D eigenvalue weighted by Crippen LogP contribution is -2.48. The van der Waals surface area contributed by atoms with Gasteiger partial charge in [0.2, 0.25) is 5.91 Å². The highest BCUT2D eigenvalue weighted by atomic mass is 79.9. The quantitative estimate of drug-likeness (QED) is 0.745.